The molecule has 0 atom stereocenters. The highest BCUT2D eigenvalue weighted by Crippen LogP contribution is 2.20. The Morgan fingerprint density at radius 2 is 1.95 bits per heavy atom. The van der Waals surface area contributed by atoms with Gasteiger partial charge in [0.1, 0.15) is 0 Å². The number of nitrogens with two attached hydrogens (primary N) is 1. The summed E-state index contributed by atoms with van der Waals surface area (Å²) >= 11 is 6.18. The Balaban J connectivity index is 1.93. The average molecular weight is 281 g/mol. The number of rotatable bonds is 4. The van der Waals surface area contributed by atoms with Crippen molar-refractivity contribution in [1.82, 2.24) is 5.32 Å². The van der Waals surface area contributed by atoms with Crippen molar-refractivity contribution in [2.45, 2.75) is 51.1 Å². The summed E-state index contributed by atoms with van der Waals surface area (Å²) in [6.07, 6.45) is 7.82. The SMILES string of the molecule is NC(=O)c1ccc(CNC2CCCCCC2)c(Cl)c1. The molecule has 1 aromatic rings. The van der Waals surface area contributed by atoms with Gasteiger partial charge in [-0.25, -0.2) is 0 Å². The maximum absolute atomic E-state index is 11.1. The number of nitrogens with one attached hydrogen (secondary N) is 1. The Morgan fingerprint density at radius 1 is 1.26 bits per heavy atom. The van der Waals surface area contributed by atoms with Gasteiger partial charge in [0.2, 0.25) is 5.91 Å². The summed E-state index contributed by atoms with van der Waals surface area (Å²) in [4.78, 5) is 11.1. The van der Waals surface area contributed by atoms with Crippen molar-refractivity contribution in [3.63, 3.8) is 0 Å². The fourth-order valence-electron chi connectivity index (χ4n) is 2.58. The van der Waals surface area contributed by atoms with E-state index in [1.807, 2.05) is 6.07 Å². The lowest BCUT2D eigenvalue weighted by Gasteiger charge is -2.16. The molecule has 0 aromatic heterocycles. The van der Waals surface area contributed by atoms with Gasteiger partial charge >= 0.3 is 0 Å². The van der Waals surface area contributed by atoms with Crippen molar-refractivity contribution < 1.29 is 4.79 Å². The van der Waals surface area contributed by atoms with E-state index in [1.54, 1.807) is 12.1 Å². The van der Waals surface area contributed by atoms with E-state index in [0.29, 0.717) is 16.6 Å². The first-order valence-electron chi connectivity index (χ1n) is 6.98. The van der Waals surface area contributed by atoms with E-state index in [2.05, 4.69) is 5.32 Å². The largest absolute Gasteiger partial charge is 0.366 e. The van der Waals surface area contributed by atoms with Crippen LogP contribution in [-0.2, 0) is 6.54 Å². The van der Waals surface area contributed by atoms with E-state index in [4.69, 9.17) is 17.3 Å². The number of amides is 1. The molecule has 1 amide bonds. The van der Waals surface area contributed by atoms with Crippen molar-refractivity contribution in [3.8, 4) is 0 Å². The van der Waals surface area contributed by atoms with Crippen LogP contribution in [0.1, 0.15) is 54.4 Å². The minimum absolute atomic E-state index is 0.440. The monoisotopic (exact) mass is 280 g/mol. The number of hydrogen-bond acceptors (Lipinski definition) is 2. The second kappa shape index (κ2) is 6.92. The third kappa shape index (κ3) is 4.22. The smallest absolute Gasteiger partial charge is 0.248 e. The van der Waals surface area contributed by atoms with Crippen LogP contribution in [-0.4, -0.2) is 11.9 Å². The van der Waals surface area contributed by atoms with Crippen LogP contribution in [0.25, 0.3) is 0 Å². The minimum Gasteiger partial charge on any atom is -0.366 e. The number of primary amides is 1. The van der Waals surface area contributed by atoms with Crippen LogP contribution in [0.15, 0.2) is 18.2 Å². The zero-order valence-electron chi connectivity index (χ0n) is 11.1. The number of hydrogen-bond donors (Lipinski definition) is 2. The molecular formula is C15H21ClN2O. The van der Waals surface area contributed by atoms with Crippen molar-refractivity contribution in [3.05, 3.63) is 34.3 Å². The van der Waals surface area contributed by atoms with Gasteiger partial charge in [-0.15, -0.1) is 0 Å². The lowest BCUT2D eigenvalue weighted by atomic mass is 10.1. The summed E-state index contributed by atoms with van der Waals surface area (Å²) in [6.45, 7) is 0.753. The van der Waals surface area contributed by atoms with Gasteiger partial charge in [0.25, 0.3) is 0 Å². The highest BCUT2D eigenvalue weighted by molar-refractivity contribution is 6.31. The molecule has 1 saturated carbocycles. The first kappa shape index (κ1) is 14.4. The molecule has 4 heteroatoms. The summed E-state index contributed by atoms with van der Waals surface area (Å²) in [6, 6.07) is 5.85. The summed E-state index contributed by atoms with van der Waals surface area (Å²) in [5, 5.41) is 4.18. The van der Waals surface area contributed by atoms with Gasteiger partial charge in [-0.1, -0.05) is 43.4 Å². The van der Waals surface area contributed by atoms with Gasteiger partial charge in [0, 0.05) is 23.2 Å². The minimum atomic E-state index is -0.440. The Morgan fingerprint density at radius 3 is 2.53 bits per heavy atom. The third-order valence-corrected chi connectivity index (χ3v) is 4.13. The van der Waals surface area contributed by atoms with Crippen LogP contribution in [0.5, 0.6) is 0 Å². The molecule has 104 valence electrons. The van der Waals surface area contributed by atoms with Gasteiger partial charge in [0.05, 0.1) is 0 Å². The summed E-state index contributed by atoms with van der Waals surface area (Å²) < 4.78 is 0. The molecule has 0 radical (unpaired) electrons. The van der Waals surface area contributed by atoms with Crippen LogP contribution in [0, 0.1) is 0 Å². The van der Waals surface area contributed by atoms with Crippen molar-refractivity contribution in [2.75, 3.05) is 0 Å². The van der Waals surface area contributed by atoms with Crippen molar-refractivity contribution >= 4 is 17.5 Å². The quantitative estimate of drug-likeness (QED) is 0.832. The lowest BCUT2D eigenvalue weighted by Crippen LogP contribution is -2.28. The fraction of sp³-hybridized carbons (Fsp3) is 0.533. The highest BCUT2D eigenvalue weighted by atomic mass is 35.5. The first-order chi connectivity index (χ1) is 9.16. The molecule has 19 heavy (non-hydrogen) atoms. The molecular weight excluding hydrogens is 260 g/mol. The van der Waals surface area contributed by atoms with Gasteiger partial charge < -0.3 is 11.1 Å². The second-order valence-electron chi connectivity index (χ2n) is 5.24. The third-order valence-electron chi connectivity index (χ3n) is 3.77. The maximum Gasteiger partial charge on any atom is 0.248 e. The van der Waals surface area contributed by atoms with Crippen LogP contribution >= 0.6 is 11.6 Å². The van der Waals surface area contributed by atoms with Crippen LogP contribution in [0.2, 0.25) is 5.02 Å². The van der Waals surface area contributed by atoms with Gasteiger partial charge in [0.15, 0.2) is 0 Å². The Labute approximate surface area is 119 Å². The van der Waals surface area contributed by atoms with Crippen molar-refractivity contribution in [2.24, 2.45) is 5.73 Å². The molecule has 0 unspecified atom stereocenters. The van der Waals surface area contributed by atoms with Gasteiger partial charge in [-0.3, -0.25) is 4.79 Å². The second-order valence-corrected chi connectivity index (χ2v) is 5.65. The molecule has 2 rings (SSSR count). The summed E-state index contributed by atoms with van der Waals surface area (Å²) in [5.74, 6) is -0.440. The lowest BCUT2D eigenvalue weighted by molar-refractivity contribution is 0.100. The normalized spacial score (nSPS) is 17.1. The summed E-state index contributed by atoms with van der Waals surface area (Å²) in [5.41, 5.74) is 6.71. The highest BCUT2D eigenvalue weighted by Gasteiger charge is 2.12. The molecule has 0 bridgehead atoms. The zero-order valence-corrected chi connectivity index (χ0v) is 11.9. The van der Waals surface area contributed by atoms with E-state index < -0.39 is 5.91 Å². The molecule has 1 aliphatic rings. The number of carbonyl (C=O) groups is 1. The van der Waals surface area contributed by atoms with Gasteiger partial charge in [-0.2, -0.15) is 0 Å². The molecule has 3 nitrogen and oxygen atoms in total. The number of benzene rings is 1. The molecule has 1 fully saturated rings. The average Bonchev–Trinajstić information content (AvgIpc) is 2.65. The fourth-order valence-corrected chi connectivity index (χ4v) is 2.83. The molecule has 1 aromatic carbocycles. The standard InChI is InChI=1S/C15H21ClN2O/c16-14-9-11(15(17)19)7-8-12(14)10-18-13-5-3-1-2-4-6-13/h7-9,13,18H,1-6,10H2,(H2,17,19). The molecule has 3 N–H and O–H groups in total. The van der Waals surface area contributed by atoms with E-state index in [1.165, 1.54) is 38.5 Å². The first-order valence-corrected chi connectivity index (χ1v) is 7.36. The van der Waals surface area contributed by atoms with Crippen LogP contribution in [0.3, 0.4) is 0 Å². The van der Waals surface area contributed by atoms with E-state index in [9.17, 15) is 4.79 Å². The predicted molar refractivity (Wildman–Crippen MR) is 78.3 cm³/mol. The molecule has 0 heterocycles. The molecule has 1 aliphatic carbocycles. The summed E-state index contributed by atoms with van der Waals surface area (Å²) in [7, 11) is 0. The number of halogens is 1. The zero-order chi connectivity index (χ0) is 13.7. The Hall–Kier alpha value is -1.06. The van der Waals surface area contributed by atoms with Crippen LogP contribution in [0.4, 0.5) is 0 Å². The Bertz CT molecular complexity index is 440. The van der Waals surface area contributed by atoms with E-state index >= 15 is 0 Å². The van der Waals surface area contributed by atoms with Crippen molar-refractivity contribution in [1.29, 1.82) is 0 Å². The predicted octanol–water partition coefficient (Wildman–Crippen LogP) is 3.25. The topological polar surface area (TPSA) is 55.1 Å². The Kier molecular flexibility index (Phi) is 5.23. The molecule has 0 saturated heterocycles. The molecule has 0 aliphatic heterocycles. The van der Waals surface area contributed by atoms with E-state index in [-0.39, 0.29) is 0 Å². The maximum atomic E-state index is 11.1. The van der Waals surface area contributed by atoms with E-state index in [0.717, 1.165) is 12.1 Å². The number of carbonyl (C=O) groups excluding carboxylic acids is 1. The van der Waals surface area contributed by atoms with Crippen LogP contribution < -0.4 is 11.1 Å². The molecule has 0 spiro atoms. The van der Waals surface area contributed by atoms with Gasteiger partial charge in [-0.05, 0) is 30.5 Å².